The summed E-state index contributed by atoms with van der Waals surface area (Å²) in [5.74, 6) is -0.552. The number of benzene rings is 2. The Morgan fingerprint density at radius 2 is 2.00 bits per heavy atom. The van der Waals surface area contributed by atoms with Gasteiger partial charge in [-0.2, -0.15) is 5.26 Å². The fraction of sp³-hybridized carbons (Fsp3) is 0.118. The molecule has 0 aliphatic carbocycles. The summed E-state index contributed by atoms with van der Waals surface area (Å²) in [5.41, 5.74) is 0.343. The summed E-state index contributed by atoms with van der Waals surface area (Å²) in [4.78, 5) is -0.705. The first kappa shape index (κ1) is 19.0. The van der Waals surface area contributed by atoms with E-state index in [0.717, 1.165) is 30.3 Å². The summed E-state index contributed by atoms with van der Waals surface area (Å²) in [6.07, 6.45) is 1.16. The fourth-order valence-corrected chi connectivity index (χ4v) is 3.62. The zero-order chi connectivity index (χ0) is 18.6. The van der Waals surface area contributed by atoms with E-state index in [0.29, 0.717) is 16.6 Å². The molecule has 5 nitrogen and oxygen atoms in total. The second-order valence-corrected chi connectivity index (χ2v) is 7.63. The van der Waals surface area contributed by atoms with E-state index >= 15 is 0 Å². The predicted octanol–water partition coefficient (Wildman–Crippen LogP) is 4.03. The van der Waals surface area contributed by atoms with Gasteiger partial charge in [0.1, 0.15) is 16.8 Å². The summed E-state index contributed by atoms with van der Waals surface area (Å²) in [5, 5.41) is 19.2. The van der Waals surface area contributed by atoms with Gasteiger partial charge in [0, 0.05) is 0 Å². The van der Waals surface area contributed by atoms with Crippen molar-refractivity contribution in [2.24, 2.45) is 0 Å². The number of aromatic hydroxyl groups is 1. The molecule has 0 heterocycles. The molecule has 130 valence electrons. The van der Waals surface area contributed by atoms with E-state index in [-0.39, 0.29) is 16.4 Å². The van der Waals surface area contributed by atoms with Gasteiger partial charge in [0.25, 0.3) is 0 Å². The Hall–Kier alpha value is -2.37. The van der Waals surface area contributed by atoms with Crippen molar-refractivity contribution in [1.29, 1.82) is 5.26 Å². The summed E-state index contributed by atoms with van der Waals surface area (Å²) >= 11 is 3.15. The molecule has 0 aromatic heterocycles. The van der Waals surface area contributed by atoms with Crippen molar-refractivity contribution in [2.75, 3.05) is 6.61 Å². The Morgan fingerprint density at radius 1 is 1.36 bits per heavy atom. The minimum atomic E-state index is -4.10. The van der Waals surface area contributed by atoms with E-state index in [1.165, 1.54) is 12.1 Å². The van der Waals surface area contributed by atoms with Crippen LogP contribution in [0.15, 0.2) is 50.7 Å². The smallest absolute Gasteiger partial charge is 0.216 e. The zero-order valence-electron chi connectivity index (χ0n) is 13.0. The molecule has 0 atom stereocenters. The lowest BCUT2D eigenvalue weighted by atomic mass is 10.2. The molecule has 0 spiro atoms. The molecule has 0 unspecified atom stereocenters. The minimum absolute atomic E-state index is 0.126. The highest BCUT2D eigenvalue weighted by Gasteiger charge is 2.21. The maximum atomic E-state index is 13.0. The molecule has 0 bridgehead atoms. The van der Waals surface area contributed by atoms with Crippen molar-refractivity contribution < 1.29 is 22.7 Å². The minimum Gasteiger partial charge on any atom is -0.503 e. The van der Waals surface area contributed by atoms with E-state index in [1.54, 1.807) is 13.0 Å². The number of nitriles is 1. The summed E-state index contributed by atoms with van der Waals surface area (Å²) < 4.78 is 43.6. The van der Waals surface area contributed by atoms with Crippen LogP contribution in [0, 0.1) is 17.1 Å². The van der Waals surface area contributed by atoms with Crippen LogP contribution in [0.2, 0.25) is 0 Å². The first-order valence-corrected chi connectivity index (χ1v) is 9.35. The van der Waals surface area contributed by atoms with Crippen molar-refractivity contribution in [1.82, 2.24) is 0 Å². The maximum absolute atomic E-state index is 13.0. The number of ether oxygens (including phenoxy) is 1. The second-order valence-electron chi connectivity index (χ2n) is 4.86. The Labute approximate surface area is 153 Å². The van der Waals surface area contributed by atoms with Crippen molar-refractivity contribution >= 4 is 31.8 Å². The van der Waals surface area contributed by atoms with Gasteiger partial charge in [0.2, 0.25) is 9.84 Å². The van der Waals surface area contributed by atoms with Crippen molar-refractivity contribution in [3.63, 3.8) is 0 Å². The third kappa shape index (κ3) is 4.18. The van der Waals surface area contributed by atoms with E-state index in [1.807, 2.05) is 0 Å². The largest absolute Gasteiger partial charge is 0.503 e. The SMILES string of the molecule is CCOc1cc(C=C(C#N)S(=O)(=O)c2ccc(F)cc2)cc(Br)c1O. The third-order valence-corrected chi connectivity index (χ3v) is 5.46. The molecule has 1 N–H and O–H groups in total. The number of halogens is 2. The molecule has 0 aliphatic rings. The van der Waals surface area contributed by atoms with Crippen LogP contribution in [0.4, 0.5) is 4.39 Å². The van der Waals surface area contributed by atoms with Crippen molar-refractivity contribution in [2.45, 2.75) is 11.8 Å². The van der Waals surface area contributed by atoms with E-state index < -0.39 is 20.6 Å². The van der Waals surface area contributed by atoms with Gasteiger partial charge in [-0.1, -0.05) is 0 Å². The van der Waals surface area contributed by atoms with Crippen molar-refractivity contribution in [3.8, 4) is 17.6 Å². The van der Waals surface area contributed by atoms with Crippen LogP contribution >= 0.6 is 15.9 Å². The molecular formula is C17H13BrFNO4S. The first-order valence-electron chi connectivity index (χ1n) is 7.07. The molecule has 8 heteroatoms. The monoisotopic (exact) mass is 425 g/mol. The van der Waals surface area contributed by atoms with E-state index in [2.05, 4.69) is 15.9 Å². The number of allylic oxidation sites excluding steroid dienone is 1. The first-order chi connectivity index (χ1) is 11.8. The summed E-state index contributed by atoms with van der Waals surface area (Å²) in [6.45, 7) is 2.03. The number of sulfone groups is 1. The third-order valence-electron chi connectivity index (χ3n) is 3.17. The Balaban J connectivity index is 2.54. The van der Waals surface area contributed by atoms with Gasteiger partial charge < -0.3 is 9.84 Å². The molecule has 2 aromatic rings. The van der Waals surface area contributed by atoms with Crippen LogP contribution in [-0.4, -0.2) is 20.1 Å². The van der Waals surface area contributed by atoms with E-state index in [4.69, 9.17) is 4.74 Å². The molecule has 0 saturated carbocycles. The van der Waals surface area contributed by atoms with Crippen LogP contribution in [-0.2, 0) is 9.84 Å². The summed E-state index contributed by atoms with van der Waals surface area (Å²) in [6, 6.07) is 8.72. The van der Waals surface area contributed by atoms with Gasteiger partial charge in [0.05, 0.1) is 16.0 Å². The number of rotatable bonds is 5. The Bertz CT molecular complexity index is 963. The standard InChI is InChI=1S/C17H13BrFNO4S/c1-2-24-16-9-11(8-15(18)17(16)21)7-14(10-20)25(22,23)13-5-3-12(19)4-6-13/h3-9,21H,2H2,1H3. The van der Waals surface area contributed by atoms with Crippen LogP contribution in [0.1, 0.15) is 12.5 Å². The number of phenols is 1. The van der Waals surface area contributed by atoms with Gasteiger partial charge in [0.15, 0.2) is 11.5 Å². The average Bonchev–Trinajstić information content (AvgIpc) is 2.57. The Morgan fingerprint density at radius 3 is 2.56 bits per heavy atom. The van der Waals surface area contributed by atoms with Gasteiger partial charge >= 0.3 is 0 Å². The Kier molecular flexibility index (Phi) is 5.82. The average molecular weight is 426 g/mol. The van der Waals surface area contributed by atoms with Gasteiger partial charge in [-0.3, -0.25) is 0 Å². The van der Waals surface area contributed by atoms with Gasteiger partial charge in [-0.25, -0.2) is 12.8 Å². The molecular weight excluding hydrogens is 413 g/mol. The molecule has 2 aromatic carbocycles. The van der Waals surface area contributed by atoms with Crippen LogP contribution < -0.4 is 4.74 Å². The second kappa shape index (κ2) is 7.68. The molecule has 0 saturated heterocycles. The number of nitrogens with zero attached hydrogens (tertiary/aromatic N) is 1. The summed E-state index contributed by atoms with van der Waals surface area (Å²) in [7, 11) is -4.10. The van der Waals surface area contributed by atoms with E-state index in [9.17, 15) is 23.2 Å². The molecule has 0 amide bonds. The lowest BCUT2D eigenvalue weighted by Crippen LogP contribution is -2.03. The number of hydrogen-bond donors (Lipinski definition) is 1. The highest BCUT2D eigenvalue weighted by molar-refractivity contribution is 9.10. The topological polar surface area (TPSA) is 87.4 Å². The fourth-order valence-electron chi connectivity index (χ4n) is 2.00. The quantitative estimate of drug-likeness (QED) is 0.576. The van der Waals surface area contributed by atoms with Gasteiger partial charge in [-0.15, -0.1) is 0 Å². The molecule has 0 fully saturated rings. The molecule has 2 rings (SSSR count). The van der Waals surface area contributed by atoms with Crippen molar-refractivity contribution in [3.05, 3.63) is 57.2 Å². The lowest BCUT2D eigenvalue weighted by Gasteiger charge is -2.09. The normalized spacial score (nSPS) is 11.8. The van der Waals surface area contributed by atoms with Crippen LogP contribution in [0.3, 0.4) is 0 Å². The molecule has 0 radical (unpaired) electrons. The lowest BCUT2D eigenvalue weighted by molar-refractivity contribution is 0.317. The van der Waals surface area contributed by atoms with Crippen LogP contribution in [0.25, 0.3) is 6.08 Å². The zero-order valence-corrected chi connectivity index (χ0v) is 15.4. The predicted molar refractivity (Wildman–Crippen MR) is 94.2 cm³/mol. The van der Waals surface area contributed by atoms with Gasteiger partial charge in [-0.05, 0) is 70.9 Å². The maximum Gasteiger partial charge on any atom is 0.216 e. The highest BCUT2D eigenvalue weighted by Crippen LogP contribution is 2.36. The number of hydrogen-bond acceptors (Lipinski definition) is 5. The number of phenolic OH excluding ortho intramolecular Hbond substituents is 1. The molecule has 0 aliphatic heterocycles. The molecule has 25 heavy (non-hydrogen) atoms. The van der Waals surface area contributed by atoms with Crippen LogP contribution in [0.5, 0.6) is 11.5 Å². The highest BCUT2D eigenvalue weighted by atomic mass is 79.9.